The zero-order valence-corrected chi connectivity index (χ0v) is 17.0. The Bertz CT molecular complexity index is 862. The predicted molar refractivity (Wildman–Crippen MR) is 110 cm³/mol. The van der Waals surface area contributed by atoms with Gasteiger partial charge in [-0.2, -0.15) is 20.5 Å². The Labute approximate surface area is 170 Å². The Morgan fingerprint density at radius 2 is 2.14 bits per heavy atom. The third-order valence-electron chi connectivity index (χ3n) is 4.58. The molecule has 2 aliphatic rings. The van der Waals surface area contributed by atoms with Crippen LogP contribution in [0.2, 0.25) is 0 Å². The van der Waals surface area contributed by atoms with Crippen molar-refractivity contribution in [3.8, 4) is 5.88 Å². The molecule has 1 saturated carbocycles. The van der Waals surface area contributed by atoms with Gasteiger partial charge in [0.1, 0.15) is 24.0 Å². The highest BCUT2D eigenvalue weighted by Gasteiger charge is 2.26. The monoisotopic (exact) mass is 400 g/mol. The highest BCUT2D eigenvalue weighted by Crippen LogP contribution is 2.39. The largest absolute Gasteiger partial charge is 0.476 e. The zero-order chi connectivity index (χ0) is 20.2. The summed E-state index contributed by atoms with van der Waals surface area (Å²) in [5.74, 6) is 3.78. The van der Waals surface area contributed by atoms with E-state index in [9.17, 15) is 0 Å². The van der Waals surface area contributed by atoms with Crippen LogP contribution in [0, 0.1) is 0 Å². The van der Waals surface area contributed by atoms with Crippen LogP contribution in [-0.2, 0) is 4.84 Å². The molecule has 2 aromatic heterocycles. The molecule has 0 saturated heterocycles. The van der Waals surface area contributed by atoms with Crippen LogP contribution in [0.15, 0.2) is 24.0 Å². The summed E-state index contributed by atoms with van der Waals surface area (Å²) in [5.41, 5.74) is 3.98. The number of aromatic amines is 1. The van der Waals surface area contributed by atoms with Crippen molar-refractivity contribution in [3.05, 3.63) is 29.7 Å². The standard InChI is InChI=1S/C19H28N8O2/c1-12-8-14(29-26-12)11-20-19-22-16(10-18(23-19)28-7-6-27(2)3)21-17-9-15(24-25-17)13-4-5-13/h8-10,12-13,26H,4-7,11H2,1-3H3,(H3,20,21,22,23,24,25). The number of rotatable bonds is 10. The lowest BCUT2D eigenvalue weighted by atomic mass is 10.3. The lowest BCUT2D eigenvalue weighted by molar-refractivity contribution is 0.120. The molecule has 1 aliphatic heterocycles. The van der Waals surface area contributed by atoms with E-state index >= 15 is 0 Å². The molecular weight excluding hydrogens is 372 g/mol. The van der Waals surface area contributed by atoms with Gasteiger partial charge >= 0.3 is 0 Å². The molecule has 156 valence electrons. The molecule has 1 unspecified atom stereocenters. The molecule has 4 rings (SSSR count). The number of nitrogens with zero attached hydrogens (tertiary/aromatic N) is 4. The topological polar surface area (TPSA) is 112 Å². The highest BCUT2D eigenvalue weighted by atomic mass is 16.7. The predicted octanol–water partition coefficient (Wildman–Crippen LogP) is 1.98. The first-order chi connectivity index (χ1) is 14.0. The van der Waals surface area contributed by atoms with E-state index in [1.165, 1.54) is 12.8 Å². The van der Waals surface area contributed by atoms with Gasteiger partial charge in [0.2, 0.25) is 11.8 Å². The molecule has 10 heteroatoms. The quantitative estimate of drug-likeness (QED) is 0.475. The van der Waals surface area contributed by atoms with Crippen molar-refractivity contribution in [2.24, 2.45) is 0 Å². The summed E-state index contributed by atoms with van der Waals surface area (Å²) < 4.78 is 5.82. The second-order valence-electron chi connectivity index (χ2n) is 7.67. The van der Waals surface area contributed by atoms with Gasteiger partial charge in [0.05, 0.1) is 18.3 Å². The summed E-state index contributed by atoms with van der Waals surface area (Å²) >= 11 is 0. The normalized spacial score (nSPS) is 18.5. The van der Waals surface area contributed by atoms with Crippen molar-refractivity contribution in [3.63, 3.8) is 0 Å². The van der Waals surface area contributed by atoms with E-state index in [1.807, 2.05) is 33.2 Å². The Morgan fingerprint density at radius 3 is 2.86 bits per heavy atom. The van der Waals surface area contributed by atoms with Crippen LogP contribution in [0.4, 0.5) is 17.6 Å². The lowest BCUT2D eigenvalue weighted by Crippen LogP contribution is -2.20. The van der Waals surface area contributed by atoms with Gasteiger partial charge in [0, 0.05) is 24.6 Å². The van der Waals surface area contributed by atoms with E-state index in [-0.39, 0.29) is 6.04 Å². The smallest absolute Gasteiger partial charge is 0.228 e. The molecule has 1 fully saturated rings. The second kappa shape index (κ2) is 8.66. The maximum absolute atomic E-state index is 5.82. The summed E-state index contributed by atoms with van der Waals surface area (Å²) in [6, 6.07) is 4.00. The molecule has 0 spiro atoms. The average molecular weight is 400 g/mol. The Morgan fingerprint density at radius 1 is 1.28 bits per heavy atom. The molecule has 1 atom stereocenters. The first-order valence-corrected chi connectivity index (χ1v) is 9.91. The SMILES string of the molecule is CC1C=C(CNc2nc(Nc3cc(C4CC4)n[nH]3)cc(OCCN(C)C)n2)ON1. The zero-order valence-electron chi connectivity index (χ0n) is 17.0. The number of hydroxylamine groups is 1. The fraction of sp³-hybridized carbons (Fsp3) is 0.526. The van der Waals surface area contributed by atoms with Gasteiger partial charge in [-0.3, -0.25) is 5.10 Å². The summed E-state index contributed by atoms with van der Waals surface area (Å²) in [6.45, 7) is 3.83. The van der Waals surface area contributed by atoms with E-state index in [0.29, 0.717) is 36.7 Å². The number of aromatic nitrogens is 4. The maximum Gasteiger partial charge on any atom is 0.228 e. The summed E-state index contributed by atoms with van der Waals surface area (Å²) in [4.78, 5) is 16.5. The van der Waals surface area contributed by atoms with E-state index < -0.39 is 0 Å². The molecule has 2 aromatic rings. The molecule has 0 radical (unpaired) electrons. The van der Waals surface area contributed by atoms with Crippen molar-refractivity contribution in [2.75, 3.05) is 44.4 Å². The van der Waals surface area contributed by atoms with Gasteiger partial charge < -0.3 is 25.1 Å². The molecule has 29 heavy (non-hydrogen) atoms. The van der Waals surface area contributed by atoms with Gasteiger partial charge in [-0.05, 0) is 39.9 Å². The number of hydrogen-bond acceptors (Lipinski definition) is 9. The van der Waals surface area contributed by atoms with Crippen LogP contribution >= 0.6 is 0 Å². The van der Waals surface area contributed by atoms with Crippen molar-refractivity contribution < 1.29 is 9.57 Å². The van der Waals surface area contributed by atoms with E-state index in [0.717, 1.165) is 23.8 Å². The van der Waals surface area contributed by atoms with Crippen molar-refractivity contribution >= 4 is 17.6 Å². The molecule has 0 bridgehead atoms. The Balaban J connectivity index is 1.45. The van der Waals surface area contributed by atoms with Crippen molar-refractivity contribution in [2.45, 2.75) is 31.7 Å². The van der Waals surface area contributed by atoms with E-state index in [4.69, 9.17) is 9.57 Å². The van der Waals surface area contributed by atoms with Crippen LogP contribution in [0.1, 0.15) is 31.4 Å². The molecular formula is C19H28N8O2. The number of H-pyrrole nitrogens is 1. The summed E-state index contributed by atoms with van der Waals surface area (Å²) in [7, 11) is 4.01. The van der Waals surface area contributed by atoms with Crippen LogP contribution in [-0.4, -0.2) is 64.9 Å². The van der Waals surface area contributed by atoms with Crippen molar-refractivity contribution in [1.29, 1.82) is 0 Å². The Hall–Kier alpha value is -2.85. The van der Waals surface area contributed by atoms with Crippen molar-refractivity contribution in [1.82, 2.24) is 30.5 Å². The molecule has 3 heterocycles. The number of nitrogens with one attached hydrogen (secondary N) is 4. The number of hydrogen-bond donors (Lipinski definition) is 4. The first-order valence-electron chi connectivity index (χ1n) is 9.91. The fourth-order valence-corrected chi connectivity index (χ4v) is 2.88. The van der Waals surface area contributed by atoms with E-state index in [1.54, 1.807) is 6.07 Å². The Kier molecular flexibility index (Phi) is 5.81. The van der Waals surface area contributed by atoms with Crippen LogP contribution in [0.25, 0.3) is 0 Å². The fourth-order valence-electron chi connectivity index (χ4n) is 2.88. The van der Waals surface area contributed by atoms with E-state index in [2.05, 4.69) is 41.2 Å². The first kappa shape index (κ1) is 19.5. The molecule has 4 N–H and O–H groups in total. The van der Waals surface area contributed by atoms with Crippen LogP contribution in [0.3, 0.4) is 0 Å². The van der Waals surface area contributed by atoms with Gasteiger partial charge in [-0.1, -0.05) is 0 Å². The van der Waals surface area contributed by atoms with Crippen LogP contribution in [0.5, 0.6) is 5.88 Å². The summed E-state index contributed by atoms with van der Waals surface area (Å²) in [5, 5.41) is 13.9. The molecule has 0 amide bonds. The lowest BCUT2D eigenvalue weighted by Gasteiger charge is -2.13. The minimum Gasteiger partial charge on any atom is -0.476 e. The van der Waals surface area contributed by atoms with Crippen LogP contribution < -0.4 is 20.9 Å². The van der Waals surface area contributed by atoms with Gasteiger partial charge in [0.25, 0.3) is 0 Å². The molecule has 10 nitrogen and oxygen atoms in total. The minimum absolute atomic E-state index is 0.187. The molecule has 1 aliphatic carbocycles. The third kappa shape index (κ3) is 5.58. The third-order valence-corrected chi connectivity index (χ3v) is 4.58. The number of likely N-dealkylation sites (N-methyl/N-ethyl adjacent to an activating group) is 1. The highest BCUT2D eigenvalue weighted by molar-refractivity contribution is 5.55. The minimum atomic E-state index is 0.187. The van der Waals surface area contributed by atoms with Gasteiger partial charge in [0.15, 0.2) is 0 Å². The van der Waals surface area contributed by atoms with Gasteiger partial charge in [-0.15, -0.1) is 0 Å². The maximum atomic E-state index is 5.82. The average Bonchev–Trinajstić information content (AvgIpc) is 3.29. The second-order valence-corrected chi connectivity index (χ2v) is 7.67. The summed E-state index contributed by atoms with van der Waals surface area (Å²) in [6.07, 6.45) is 4.43. The number of anilines is 3. The van der Waals surface area contributed by atoms with Gasteiger partial charge in [-0.25, -0.2) is 0 Å². The number of ether oxygens (including phenoxy) is 1. The molecule has 0 aromatic carbocycles.